The fourth-order valence-corrected chi connectivity index (χ4v) is 2.71. The number of aryl methyl sites for hydroxylation is 1. The van der Waals surface area contributed by atoms with E-state index in [-0.39, 0.29) is 10.6 Å². The molecule has 0 saturated heterocycles. The summed E-state index contributed by atoms with van der Waals surface area (Å²) in [5.41, 5.74) is 1.70. The summed E-state index contributed by atoms with van der Waals surface area (Å²) >= 11 is 0. The number of hydrogen-bond acceptors (Lipinski definition) is 5. The molecule has 23 heavy (non-hydrogen) atoms. The number of rotatable bonds is 4. The van der Waals surface area contributed by atoms with Gasteiger partial charge in [0.2, 0.25) is 0 Å². The van der Waals surface area contributed by atoms with Gasteiger partial charge in [-0.25, -0.2) is 4.79 Å². The predicted molar refractivity (Wildman–Crippen MR) is 85.4 cm³/mol. The van der Waals surface area contributed by atoms with Crippen LogP contribution in [0, 0.1) is 6.92 Å². The lowest BCUT2D eigenvalue weighted by Gasteiger charge is -2.07. The Hall–Kier alpha value is -2.67. The summed E-state index contributed by atoms with van der Waals surface area (Å²) in [6.07, 6.45) is 0.235. The molecule has 0 heterocycles. The summed E-state index contributed by atoms with van der Waals surface area (Å²) in [5, 5.41) is 0. The Morgan fingerprint density at radius 2 is 1.74 bits per heavy atom. The molecule has 0 spiro atoms. The Balaban J connectivity index is 2.32. The number of sulfonamides is 1. The van der Waals surface area contributed by atoms with Gasteiger partial charge in [-0.15, -0.1) is 0 Å². The van der Waals surface area contributed by atoms with E-state index in [1.807, 2.05) is 19.1 Å². The van der Waals surface area contributed by atoms with Crippen LogP contribution >= 0.6 is 0 Å². The van der Waals surface area contributed by atoms with Gasteiger partial charge in [-0.05, 0) is 24.6 Å². The molecule has 0 fully saturated rings. The first-order chi connectivity index (χ1) is 10.9. The molecule has 0 unspecified atom stereocenters. The van der Waals surface area contributed by atoms with Crippen LogP contribution in [-0.4, -0.2) is 27.9 Å². The maximum Gasteiger partial charge on any atom is 0.513 e. The van der Waals surface area contributed by atoms with Crippen molar-refractivity contribution in [3.63, 3.8) is 0 Å². The second-order valence-electron chi connectivity index (χ2n) is 4.62. The zero-order valence-electron chi connectivity index (χ0n) is 12.6. The first-order valence-electron chi connectivity index (χ1n) is 6.64. The Bertz CT molecular complexity index is 826. The number of methoxy groups -OCH3 is 1. The Labute approximate surface area is 134 Å². The zero-order chi connectivity index (χ0) is 16.9. The summed E-state index contributed by atoms with van der Waals surface area (Å²) < 4.78 is 37.5. The summed E-state index contributed by atoms with van der Waals surface area (Å²) in [4.78, 5) is 11.0. The second kappa shape index (κ2) is 7.06. The molecule has 0 bridgehead atoms. The highest BCUT2D eigenvalue weighted by Gasteiger charge is 2.20. The van der Waals surface area contributed by atoms with E-state index >= 15 is 0 Å². The van der Waals surface area contributed by atoms with Gasteiger partial charge in [0, 0.05) is 6.21 Å². The van der Waals surface area contributed by atoms with Gasteiger partial charge >= 0.3 is 6.16 Å². The molecule has 0 aromatic heterocycles. The van der Waals surface area contributed by atoms with Crippen molar-refractivity contribution in [2.45, 2.75) is 11.8 Å². The summed E-state index contributed by atoms with van der Waals surface area (Å²) in [5.74, 6) is -0.139. The van der Waals surface area contributed by atoms with Crippen molar-refractivity contribution in [1.29, 1.82) is 0 Å². The van der Waals surface area contributed by atoms with Crippen LogP contribution in [0.1, 0.15) is 11.1 Å². The van der Waals surface area contributed by atoms with E-state index in [9.17, 15) is 13.2 Å². The van der Waals surface area contributed by atoms with Crippen molar-refractivity contribution in [3.8, 4) is 5.75 Å². The minimum absolute atomic E-state index is 0.139. The molecular weight excluding hydrogens is 318 g/mol. The number of nitrogens with zero attached hydrogens (tertiary/aromatic N) is 1. The molecule has 0 amide bonds. The monoisotopic (exact) mass is 333 g/mol. The molecule has 7 heteroatoms. The Morgan fingerprint density at radius 3 is 2.39 bits per heavy atom. The molecule has 2 rings (SSSR count). The average molecular weight is 333 g/mol. The highest BCUT2D eigenvalue weighted by molar-refractivity contribution is 7.90. The Morgan fingerprint density at radius 1 is 1.09 bits per heavy atom. The summed E-state index contributed by atoms with van der Waals surface area (Å²) in [6.45, 7) is 1.93. The molecule has 0 saturated carbocycles. The van der Waals surface area contributed by atoms with Crippen LogP contribution in [0.2, 0.25) is 0 Å². The van der Waals surface area contributed by atoms with E-state index in [1.165, 1.54) is 24.4 Å². The van der Waals surface area contributed by atoms with Gasteiger partial charge in [0.25, 0.3) is 10.0 Å². The standard InChI is InChI=1S/C16H15NO5S/c1-12-7-9-13(10-8-12)11-17-23(19,20)15-6-4-3-5-14(15)22-16(18)21-2/h3-11H,1-2H3/b17-11+. The number of carbonyl (C=O) groups is 1. The molecular formula is C16H15NO5S. The van der Waals surface area contributed by atoms with Crippen molar-refractivity contribution in [3.05, 3.63) is 59.7 Å². The molecule has 2 aromatic rings. The number of carbonyl (C=O) groups excluding carboxylic acids is 1. The highest BCUT2D eigenvalue weighted by Crippen LogP contribution is 2.25. The van der Waals surface area contributed by atoms with Gasteiger partial charge in [0.05, 0.1) is 7.11 Å². The van der Waals surface area contributed by atoms with Crippen molar-refractivity contribution >= 4 is 22.4 Å². The van der Waals surface area contributed by atoms with Crippen molar-refractivity contribution in [2.75, 3.05) is 7.11 Å². The van der Waals surface area contributed by atoms with Gasteiger partial charge in [-0.2, -0.15) is 12.8 Å². The molecule has 0 radical (unpaired) electrons. The first-order valence-corrected chi connectivity index (χ1v) is 8.08. The normalized spacial score (nSPS) is 11.4. The molecule has 0 aliphatic carbocycles. The van der Waals surface area contributed by atoms with Crippen LogP contribution < -0.4 is 4.74 Å². The van der Waals surface area contributed by atoms with Gasteiger partial charge < -0.3 is 9.47 Å². The third-order valence-corrected chi connectivity index (χ3v) is 4.18. The maximum atomic E-state index is 12.3. The van der Waals surface area contributed by atoms with Gasteiger partial charge in [0.15, 0.2) is 5.75 Å². The van der Waals surface area contributed by atoms with Crippen LogP contribution in [0.4, 0.5) is 4.79 Å². The summed E-state index contributed by atoms with van der Waals surface area (Å²) in [6, 6.07) is 12.9. The fourth-order valence-electron chi connectivity index (χ4n) is 1.72. The minimum atomic E-state index is -4.02. The van der Waals surface area contributed by atoms with Gasteiger partial charge in [0.1, 0.15) is 4.90 Å². The smallest absolute Gasteiger partial charge is 0.437 e. The number of hydrogen-bond donors (Lipinski definition) is 0. The lowest BCUT2D eigenvalue weighted by atomic mass is 10.2. The van der Waals surface area contributed by atoms with Crippen LogP contribution in [0.3, 0.4) is 0 Å². The molecule has 0 N–H and O–H groups in total. The van der Waals surface area contributed by atoms with E-state index in [4.69, 9.17) is 4.74 Å². The maximum absolute atomic E-state index is 12.3. The van der Waals surface area contributed by atoms with Crippen LogP contribution in [0.5, 0.6) is 5.75 Å². The van der Waals surface area contributed by atoms with E-state index in [0.29, 0.717) is 5.56 Å². The van der Waals surface area contributed by atoms with Crippen molar-refractivity contribution in [1.82, 2.24) is 0 Å². The quantitative estimate of drug-likeness (QED) is 0.488. The van der Waals surface area contributed by atoms with Gasteiger partial charge in [-0.3, -0.25) is 0 Å². The van der Waals surface area contributed by atoms with Crippen LogP contribution in [-0.2, 0) is 14.8 Å². The van der Waals surface area contributed by atoms with E-state index in [2.05, 4.69) is 9.13 Å². The van der Waals surface area contributed by atoms with E-state index in [1.54, 1.807) is 18.2 Å². The van der Waals surface area contributed by atoms with Gasteiger partial charge in [-0.1, -0.05) is 42.0 Å². The Kier molecular flexibility index (Phi) is 5.13. The lowest BCUT2D eigenvalue weighted by Crippen LogP contribution is -2.10. The summed E-state index contributed by atoms with van der Waals surface area (Å²) in [7, 11) is -2.88. The molecule has 0 aliphatic rings. The van der Waals surface area contributed by atoms with Crippen molar-refractivity contribution in [2.24, 2.45) is 4.40 Å². The molecule has 0 atom stereocenters. The van der Waals surface area contributed by atoms with Crippen LogP contribution in [0.25, 0.3) is 0 Å². The fraction of sp³-hybridized carbons (Fsp3) is 0.125. The topological polar surface area (TPSA) is 82.0 Å². The molecule has 120 valence electrons. The molecule has 6 nitrogen and oxygen atoms in total. The zero-order valence-corrected chi connectivity index (χ0v) is 13.4. The van der Waals surface area contributed by atoms with E-state index < -0.39 is 16.2 Å². The van der Waals surface area contributed by atoms with Crippen molar-refractivity contribution < 1.29 is 22.7 Å². The molecule has 0 aliphatic heterocycles. The predicted octanol–water partition coefficient (Wildman–Crippen LogP) is 2.95. The van der Waals surface area contributed by atoms with Crippen LogP contribution in [0.15, 0.2) is 57.8 Å². The minimum Gasteiger partial charge on any atom is -0.437 e. The second-order valence-corrected chi connectivity index (χ2v) is 6.22. The number of benzene rings is 2. The number of ether oxygens (including phenoxy) is 2. The van der Waals surface area contributed by atoms with E-state index in [0.717, 1.165) is 12.7 Å². The third-order valence-electron chi connectivity index (χ3n) is 2.90. The SMILES string of the molecule is COC(=O)Oc1ccccc1S(=O)(=O)/N=C/c1ccc(C)cc1. The average Bonchev–Trinajstić information content (AvgIpc) is 2.54. The largest absolute Gasteiger partial charge is 0.513 e. The first kappa shape index (κ1) is 16.7. The highest BCUT2D eigenvalue weighted by atomic mass is 32.2. The number of para-hydroxylation sites is 1. The third kappa shape index (κ3) is 4.40. The lowest BCUT2D eigenvalue weighted by molar-refractivity contribution is 0.120. The molecule has 2 aromatic carbocycles.